The Morgan fingerprint density at radius 3 is 2.57 bits per heavy atom. The van der Waals surface area contributed by atoms with E-state index in [1.807, 2.05) is 13.8 Å². The molecular formula is C14H21N3O4. The van der Waals surface area contributed by atoms with E-state index in [9.17, 15) is 20.0 Å². The van der Waals surface area contributed by atoms with Gasteiger partial charge in [-0.25, -0.2) is 0 Å². The zero-order valence-electron chi connectivity index (χ0n) is 12.5. The number of hydrogen-bond acceptors (Lipinski definition) is 5. The highest BCUT2D eigenvalue weighted by atomic mass is 16.6. The van der Waals surface area contributed by atoms with Crippen LogP contribution in [0.3, 0.4) is 0 Å². The molecule has 0 bridgehead atoms. The van der Waals surface area contributed by atoms with E-state index in [4.69, 9.17) is 0 Å². The van der Waals surface area contributed by atoms with E-state index in [-0.39, 0.29) is 23.3 Å². The molecule has 1 heterocycles. The Kier molecular flexibility index (Phi) is 5.78. The van der Waals surface area contributed by atoms with Crippen LogP contribution in [0.2, 0.25) is 0 Å². The van der Waals surface area contributed by atoms with Crippen LogP contribution in [0.1, 0.15) is 42.7 Å². The van der Waals surface area contributed by atoms with Gasteiger partial charge in [0.15, 0.2) is 0 Å². The highest BCUT2D eigenvalue weighted by molar-refractivity contribution is 5.95. The third-order valence-corrected chi connectivity index (χ3v) is 3.99. The minimum atomic E-state index is -0.584. The van der Waals surface area contributed by atoms with Crippen LogP contribution in [0.15, 0.2) is 12.3 Å². The number of aliphatic hydroxyl groups is 1. The Labute approximate surface area is 123 Å². The number of aryl methyl sites for hydroxylation is 1. The van der Waals surface area contributed by atoms with Crippen molar-refractivity contribution in [3.05, 3.63) is 33.6 Å². The van der Waals surface area contributed by atoms with E-state index in [1.165, 1.54) is 6.07 Å². The summed E-state index contributed by atoms with van der Waals surface area (Å²) in [4.78, 5) is 26.2. The number of amides is 1. The van der Waals surface area contributed by atoms with Crippen LogP contribution in [-0.2, 0) is 0 Å². The van der Waals surface area contributed by atoms with Gasteiger partial charge >= 0.3 is 0 Å². The molecule has 2 N–H and O–H groups in total. The van der Waals surface area contributed by atoms with E-state index in [0.29, 0.717) is 12.2 Å². The summed E-state index contributed by atoms with van der Waals surface area (Å²) < 4.78 is 0. The van der Waals surface area contributed by atoms with Gasteiger partial charge in [0, 0.05) is 18.0 Å². The van der Waals surface area contributed by atoms with Gasteiger partial charge in [0.25, 0.3) is 11.6 Å². The normalized spacial score (nSPS) is 11.2. The molecule has 0 radical (unpaired) electrons. The Hall–Kier alpha value is -2.02. The molecule has 21 heavy (non-hydrogen) atoms. The van der Waals surface area contributed by atoms with Crippen molar-refractivity contribution in [2.24, 2.45) is 5.41 Å². The molecule has 0 saturated carbocycles. The second kappa shape index (κ2) is 7.12. The number of carbonyl (C=O) groups is 1. The predicted octanol–water partition coefficient (Wildman–Crippen LogP) is 1.83. The molecule has 0 aliphatic heterocycles. The van der Waals surface area contributed by atoms with Gasteiger partial charge in [-0.2, -0.15) is 0 Å². The molecule has 1 aromatic rings. The zero-order valence-corrected chi connectivity index (χ0v) is 12.5. The molecule has 7 nitrogen and oxygen atoms in total. The second-order valence-electron chi connectivity index (χ2n) is 5.13. The van der Waals surface area contributed by atoms with Crippen molar-refractivity contribution in [3.63, 3.8) is 0 Å². The fraction of sp³-hybridized carbons (Fsp3) is 0.571. The minimum Gasteiger partial charge on any atom is -0.396 e. The first-order valence-electron chi connectivity index (χ1n) is 6.89. The van der Waals surface area contributed by atoms with E-state index in [1.54, 1.807) is 6.92 Å². The Morgan fingerprint density at radius 1 is 1.48 bits per heavy atom. The number of hydrogen-bond donors (Lipinski definition) is 2. The average molecular weight is 295 g/mol. The number of aromatic nitrogens is 1. The molecule has 116 valence electrons. The molecule has 0 spiro atoms. The lowest BCUT2D eigenvalue weighted by molar-refractivity contribution is -0.385. The zero-order chi connectivity index (χ0) is 16.0. The summed E-state index contributed by atoms with van der Waals surface area (Å²) in [7, 11) is 0. The number of carbonyl (C=O) groups excluding carboxylic acids is 1. The van der Waals surface area contributed by atoms with Crippen molar-refractivity contribution in [1.29, 1.82) is 0 Å². The van der Waals surface area contributed by atoms with Gasteiger partial charge in [-0.15, -0.1) is 0 Å². The van der Waals surface area contributed by atoms with Gasteiger partial charge in [-0.3, -0.25) is 19.9 Å². The highest BCUT2D eigenvalue weighted by Gasteiger charge is 2.26. The lowest BCUT2D eigenvalue weighted by atomic mass is 9.83. The van der Waals surface area contributed by atoms with Crippen LogP contribution in [0.5, 0.6) is 0 Å². The second-order valence-corrected chi connectivity index (χ2v) is 5.13. The molecule has 0 aliphatic rings. The quantitative estimate of drug-likeness (QED) is 0.589. The van der Waals surface area contributed by atoms with Gasteiger partial charge < -0.3 is 10.4 Å². The maximum atomic E-state index is 12.2. The van der Waals surface area contributed by atoms with E-state index in [0.717, 1.165) is 19.0 Å². The molecule has 1 amide bonds. The Bertz CT molecular complexity index is 519. The van der Waals surface area contributed by atoms with Gasteiger partial charge in [0.05, 0.1) is 22.8 Å². The Balaban J connectivity index is 2.89. The smallest absolute Gasteiger partial charge is 0.288 e. The first kappa shape index (κ1) is 17.0. The maximum Gasteiger partial charge on any atom is 0.288 e. The molecule has 0 aromatic carbocycles. The van der Waals surface area contributed by atoms with Crippen LogP contribution < -0.4 is 5.32 Å². The maximum absolute atomic E-state index is 12.2. The summed E-state index contributed by atoms with van der Waals surface area (Å²) in [5.41, 5.74) is 0.0339. The summed E-state index contributed by atoms with van der Waals surface area (Å²) in [6, 6.07) is 1.22. The summed E-state index contributed by atoms with van der Waals surface area (Å²) in [5, 5.41) is 23.0. The van der Waals surface area contributed by atoms with Crippen LogP contribution in [0.4, 0.5) is 5.69 Å². The SMILES string of the molecule is CCC(CC)(CO)CNC(=O)c1cc([N+](=O)[O-])cnc1C. The molecule has 0 fully saturated rings. The number of nitrogens with one attached hydrogen (secondary N) is 1. The van der Waals surface area contributed by atoms with Crippen LogP contribution >= 0.6 is 0 Å². The average Bonchev–Trinajstić information content (AvgIpc) is 2.49. The minimum absolute atomic E-state index is 0.0214. The van der Waals surface area contributed by atoms with Crippen molar-refractivity contribution in [2.45, 2.75) is 33.6 Å². The highest BCUT2D eigenvalue weighted by Crippen LogP contribution is 2.24. The van der Waals surface area contributed by atoms with Gasteiger partial charge in [0.1, 0.15) is 6.20 Å². The van der Waals surface area contributed by atoms with Crippen LogP contribution in [0.25, 0.3) is 0 Å². The first-order valence-corrected chi connectivity index (χ1v) is 6.89. The number of pyridine rings is 1. The number of nitro groups is 1. The Morgan fingerprint density at radius 2 is 2.10 bits per heavy atom. The van der Waals surface area contributed by atoms with Crippen LogP contribution in [-0.4, -0.2) is 34.1 Å². The molecule has 0 aliphatic carbocycles. The lowest BCUT2D eigenvalue weighted by Crippen LogP contribution is -2.39. The third-order valence-electron chi connectivity index (χ3n) is 3.99. The van der Waals surface area contributed by atoms with Crippen molar-refractivity contribution < 1.29 is 14.8 Å². The third kappa shape index (κ3) is 3.98. The van der Waals surface area contributed by atoms with E-state index < -0.39 is 10.8 Å². The number of aliphatic hydroxyl groups excluding tert-OH is 1. The topological polar surface area (TPSA) is 105 Å². The molecular weight excluding hydrogens is 274 g/mol. The van der Waals surface area contributed by atoms with Gasteiger partial charge in [0.2, 0.25) is 0 Å². The van der Waals surface area contributed by atoms with Gasteiger partial charge in [-0.1, -0.05) is 13.8 Å². The van der Waals surface area contributed by atoms with Crippen molar-refractivity contribution in [1.82, 2.24) is 10.3 Å². The van der Waals surface area contributed by atoms with Gasteiger partial charge in [-0.05, 0) is 19.8 Å². The van der Waals surface area contributed by atoms with Crippen LogP contribution in [0, 0.1) is 22.5 Å². The summed E-state index contributed by atoms with van der Waals surface area (Å²) >= 11 is 0. The fourth-order valence-electron chi connectivity index (χ4n) is 1.99. The molecule has 1 rings (SSSR count). The van der Waals surface area contributed by atoms with Crippen molar-refractivity contribution in [2.75, 3.05) is 13.2 Å². The molecule has 0 unspecified atom stereocenters. The van der Waals surface area contributed by atoms with Crippen molar-refractivity contribution in [3.8, 4) is 0 Å². The molecule has 0 saturated heterocycles. The summed E-state index contributed by atoms with van der Waals surface area (Å²) in [5.74, 6) is -0.413. The standard InChI is InChI=1S/C14H21N3O4/c1-4-14(5-2,9-18)8-16-13(19)12-6-11(17(20)21)7-15-10(12)3/h6-7,18H,4-5,8-9H2,1-3H3,(H,16,19). The largest absolute Gasteiger partial charge is 0.396 e. The number of nitrogens with zero attached hydrogens (tertiary/aromatic N) is 2. The fourth-order valence-corrected chi connectivity index (χ4v) is 1.99. The predicted molar refractivity (Wildman–Crippen MR) is 78.1 cm³/mol. The van der Waals surface area contributed by atoms with Crippen molar-refractivity contribution >= 4 is 11.6 Å². The first-order chi connectivity index (χ1) is 9.89. The number of rotatable bonds is 7. The molecule has 1 aromatic heterocycles. The summed E-state index contributed by atoms with van der Waals surface area (Å²) in [6.45, 7) is 5.82. The molecule has 7 heteroatoms. The molecule has 0 atom stereocenters. The lowest BCUT2D eigenvalue weighted by Gasteiger charge is -2.29. The monoisotopic (exact) mass is 295 g/mol. The van der Waals surface area contributed by atoms with E-state index in [2.05, 4.69) is 10.3 Å². The van der Waals surface area contributed by atoms with E-state index >= 15 is 0 Å². The summed E-state index contributed by atoms with van der Waals surface area (Å²) in [6.07, 6.45) is 2.58.